The van der Waals surface area contributed by atoms with E-state index in [0.717, 1.165) is 76.1 Å². The Bertz CT molecular complexity index is 715. The first-order chi connectivity index (χ1) is 14.7. The predicted molar refractivity (Wildman–Crippen MR) is 125 cm³/mol. The highest BCUT2D eigenvalue weighted by atomic mass is 32.1. The van der Waals surface area contributed by atoms with Crippen LogP contribution in [0, 0.1) is 0 Å². The van der Waals surface area contributed by atoms with Crippen molar-refractivity contribution in [2.75, 3.05) is 59.6 Å². The lowest BCUT2D eigenvalue weighted by atomic mass is 10.0. The van der Waals surface area contributed by atoms with Crippen molar-refractivity contribution >= 4 is 23.0 Å². The van der Waals surface area contributed by atoms with Gasteiger partial charge in [-0.2, -0.15) is 5.10 Å². The Balaban J connectivity index is 1.51. The third-order valence-corrected chi connectivity index (χ3v) is 5.92. The van der Waals surface area contributed by atoms with E-state index in [1.54, 1.807) is 7.11 Å². The van der Waals surface area contributed by atoms with Crippen LogP contribution in [-0.4, -0.2) is 80.2 Å². The van der Waals surface area contributed by atoms with E-state index >= 15 is 0 Å². The number of nitrogens with one attached hydrogen (secondary N) is 2. The van der Waals surface area contributed by atoms with Gasteiger partial charge >= 0.3 is 0 Å². The van der Waals surface area contributed by atoms with Crippen LogP contribution in [-0.2, 0) is 11.3 Å². The molecule has 0 amide bonds. The van der Waals surface area contributed by atoms with Gasteiger partial charge in [0.05, 0.1) is 26.0 Å². The molecular weight excluding hydrogens is 398 g/mol. The summed E-state index contributed by atoms with van der Waals surface area (Å²) in [5, 5.41) is 8.25. The van der Waals surface area contributed by atoms with Gasteiger partial charge in [0.2, 0.25) is 0 Å². The monoisotopic (exact) mass is 433 g/mol. The van der Waals surface area contributed by atoms with E-state index in [1.807, 2.05) is 19.1 Å². The number of likely N-dealkylation sites (tertiary alicyclic amines) is 1. The fourth-order valence-electron chi connectivity index (χ4n) is 3.88. The van der Waals surface area contributed by atoms with E-state index in [0.29, 0.717) is 5.11 Å². The molecular formula is C22H35N5O2S. The zero-order valence-corrected chi connectivity index (χ0v) is 19.1. The van der Waals surface area contributed by atoms with Gasteiger partial charge in [0.1, 0.15) is 5.75 Å². The Hall–Kier alpha value is -1.74. The van der Waals surface area contributed by atoms with Gasteiger partial charge in [-0.15, -0.1) is 0 Å². The number of nitrogens with zero attached hydrogens (tertiary/aromatic N) is 3. The Labute approximate surface area is 185 Å². The van der Waals surface area contributed by atoms with Crippen molar-refractivity contribution in [2.24, 2.45) is 5.10 Å². The zero-order chi connectivity index (χ0) is 21.2. The van der Waals surface area contributed by atoms with Crippen molar-refractivity contribution in [3.05, 3.63) is 29.3 Å². The highest BCUT2D eigenvalue weighted by Gasteiger charge is 2.14. The summed E-state index contributed by atoms with van der Waals surface area (Å²) in [4.78, 5) is 4.87. The first kappa shape index (κ1) is 22.9. The van der Waals surface area contributed by atoms with Crippen molar-refractivity contribution in [1.29, 1.82) is 0 Å². The number of hydrogen-bond acceptors (Lipinski definition) is 6. The van der Waals surface area contributed by atoms with E-state index in [-0.39, 0.29) is 0 Å². The van der Waals surface area contributed by atoms with Crippen LogP contribution < -0.4 is 15.5 Å². The summed E-state index contributed by atoms with van der Waals surface area (Å²) in [7, 11) is 1.73. The molecule has 0 radical (unpaired) electrons. The van der Waals surface area contributed by atoms with Gasteiger partial charge in [-0.1, -0.05) is 6.42 Å². The molecule has 2 N–H and O–H groups in total. The molecule has 3 rings (SSSR count). The molecule has 7 nitrogen and oxygen atoms in total. The van der Waals surface area contributed by atoms with E-state index in [1.165, 1.54) is 24.8 Å². The van der Waals surface area contributed by atoms with E-state index in [4.69, 9.17) is 21.7 Å². The average molecular weight is 434 g/mol. The number of benzene rings is 1. The number of piperidine rings is 1. The Morgan fingerprint density at radius 1 is 1.13 bits per heavy atom. The second kappa shape index (κ2) is 12.2. The second-order valence-corrected chi connectivity index (χ2v) is 8.29. The highest BCUT2D eigenvalue weighted by Crippen LogP contribution is 2.23. The standard InChI is InChI=1S/C22H35N5O2S/c1-18(24-25-22(30)23-8-11-26-12-14-29-15-13-26)19-6-7-21(28-2)20(16-19)17-27-9-4-3-5-10-27/h6-7,16H,3-5,8-15,17H2,1-2H3,(H2,23,25,30)/b24-18-. The van der Waals surface area contributed by atoms with Gasteiger partial charge in [-0.05, 0) is 68.8 Å². The maximum atomic E-state index is 5.59. The summed E-state index contributed by atoms with van der Waals surface area (Å²) in [5.41, 5.74) is 6.15. The van der Waals surface area contributed by atoms with Crippen LogP contribution in [0.4, 0.5) is 0 Å². The maximum absolute atomic E-state index is 5.59. The van der Waals surface area contributed by atoms with Crippen molar-refractivity contribution in [3.63, 3.8) is 0 Å². The van der Waals surface area contributed by atoms with Crippen LogP contribution in [0.3, 0.4) is 0 Å². The number of rotatable bonds is 8. The lowest BCUT2D eigenvalue weighted by Crippen LogP contribution is -2.42. The minimum Gasteiger partial charge on any atom is -0.496 e. The van der Waals surface area contributed by atoms with Crippen molar-refractivity contribution in [2.45, 2.75) is 32.7 Å². The summed E-state index contributed by atoms with van der Waals surface area (Å²) < 4.78 is 11.0. The van der Waals surface area contributed by atoms with Gasteiger partial charge in [-0.25, -0.2) is 0 Å². The highest BCUT2D eigenvalue weighted by molar-refractivity contribution is 7.80. The molecule has 0 unspecified atom stereocenters. The molecule has 1 aromatic carbocycles. The van der Waals surface area contributed by atoms with E-state index in [2.05, 4.69) is 31.7 Å². The quantitative estimate of drug-likeness (QED) is 0.370. The van der Waals surface area contributed by atoms with Gasteiger partial charge in [0.25, 0.3) is 0 Å². The molecule has 166 valence electrons. The van der Waals surface area contributed by atoms with Gasteiger partial charge in [0.15, 0.2) is 5.11 Å². The van der Waals surface area contributed by atoms with Crippen LogP contribution >= 0.6 is 12.2 Å². The molecule has 2 fully saturated rings. The number of morpholine rings is 1. The largest absolute Gasteiger partial charge is 0.496 e. The predicted octanol–water partition coefficient (Wildman–Crippen LogP) is 2.20. The molecule has 2 saturated heterocycles. The molecule has 0 aromatic heterocycles. The molecule has 0 spiro atoms. The number of methoxy groups -OCH3 is 1. The lowest BCUT2D eigenvalue weighted by molar-refractivity contribution is 0.0389. The molecule has 2 heterocycles. The summed E-state index contributed by atoms with van der Waals surface area (Å²) in [6.45, 7) is 10.6. The summed E-state index contributed by atoms with van der Waals surface area (Å²) in [6.07, 6.45) is 3.90. The molecule has 0 atom stereocenters. The molecule has 1 aromatic rings. The van der Waals surface area contributed by atoms with Crippen molar-refractivity contribution in [1.82, 2.24) is 20.5 Å². The van der Waals surface area contributed by atoms with Crippen LogP contribution in [0.25, 0.3) is 0 Å². The topological polar surface area (TPSA) is 61.4 Å². The number of ether oxygens (including phenoxy) is 2. The smallest absolute Gasteiger partial charge is 0.187 e. The number of hydrazone groups is 1. The maximum Gasteiger partial charge on any atom is 0.187 e. The minimum atomic E-state index is 0.546. The molecule has 0 bridgehead atoms. The summed E-state index contributed by atoms with van der Waals surface area (Å²) in [6, 6.07) is 6.27. The number of hydrogen-bond donors (Lipinski definition) is 2. The Morgan fingerprint density at radius 3 is 2.63 bits per heavy atom. The molecule has 2 aliphatic heterocycles. The van der Waals surface area contributed by atoms with Crippen LogP contribution in [0.5, 0.6) is 5.75 Å². The first-order valence-electron chi connectivity index (χ1n) is 10.9. The van der Waals surface area contributed by atoms with Crippen LogP contribution in [0.1, 0.15) is 37.3 Å². The van der Waals surface area contributed by atoms with Gasteiger partial charge in [0, 0.05) is 38.3 Å². The lowest BCUT2D eigenvalue weighted by Gasteiger charge is -2.27. The SMILES string of the molecule is COc1ccc(/C(C)=N\NC(=S)NCCN2CCOCC2)cc1CN1CCCCC1. The summed E-state index contributed by atoms with van der Waals surface area (Å²) in [5.74, 6) is 0.936. The van der Waals surface area contributed by atoms with Gasteiger partial charge in [-0.3, -0.25) is 15.2 Å². The van der Waals surface area contributed by atoms with Crippen molar-refractivity contribution < 1.29 is 9.47 Å². The Morgan fingerprint density at radius 2 is 1.90 bits per heavy atom. The third kappa shape index (κ3) is 7.19. The zero-order valence-electron chi connectivity index (χ0n) is 18.3. The molecule has 0 aliphatic carbocycles. The van der Waals surface area contributed by atoms with Gasteiger partial charge < -0.3 is 14.8 Å². The Kier molecular flexibility index (Phi) is 9.32. The normalized spacial score (nSPS) is 18.8. The number of thiocarbonyl (C=S) groups is 1. The molecule has 2 aliphatic rings. The van der Waals surface area contributed by atoms with E-state index in [9.17, 15) is 0 Å². The molecule has 8 heteroatoms. The third-order valence-electron chi connectivity index (χ3n) is 5.68. The molecule has 30 heavy (non-hydrogen) atoms. The van der Waals surface area contributed by atoms with Crippen molar-refractivity contribution in [3.8, 4) is 5.75 Å². The first-order valence-corrected chi connectivity index (χ1v) is 11.3. The second-order valence-electron chi connectivity index (χ2n) is 7.88. The fraction of sp³-hybridized carbons (Fsp3) is 0.636. The summed E-state index contributed by atoms with van der Waals surface area (Å²) >= 11 is 5.36. The minimum absolute atomic E-state index is 0.546. The average Bonchev–Trinajstić information content (AvgIpc) is 2.79. The van der Waals surface area contributed by atoms with Crippen LogP contribution in [0.15, 0.2) is 23.3 Å². The molecule has 0 saturated carbocycles. The van der Waals surface area contributed by atoms with Crippen LogP contribution in [0.2, 0.25) is 0 Å². The van der Waals surface area contributed by atoms with E-state index < -0.39 is 0 Å². The fourth-order valence-corrected chi connectivity index (χ4v) is 4.02.